The smallest absolute Gasteiger partial charge is 0.324 e. The van der Waals surface area contributed by atoms with E-state index in [4.69, 9.17) is 51.5 Å². The number of sulfonamides is 3. The molecule has 10 aromatic rings. The Morgan fingerprint density at radius 2 is 1.00 bits per heavy atom. The number of aromatic nitrogens is 10. The molecule has 1 aliphatic carbocycles. The van der Waals surface area contributed by atoms with Crippen molar-refractivity contribution in [3.8, 4) is 0 Å². The van der Waals surface area contributed by atoms with Crippen molar-refractivity contribution in [2.24, 2.45) is 0 Å². The maximum atomic E-state index is 12.7. The molecule has 576 valence electrons. The number of anilines is 3. The number of piperidine rings is 3. The minimum atomic E-state index is -3.20. The number of benzene rings is 5. The first-order valence-electron chi connectivity index (χ1n) is 36.2. The number of fused-ring (bicyclic) bond motifs is 5. The van der Waals surface area contributed by atoms with Crippen molar-refractivity contribution >= 4 is 160 Å². The lowest BCUT2D eigenvalue weighted by Crippen LogP contribution is -2.60. The number of aliphatic hydroxyl groups is 1. The summed E-state index contributed by atoms with van der Waals surface area (Å²) < 4.78 is 79.0. The zero-order valence-corrected chi connectivity index (χ0v) is 66.7. The zero-order chi connectivity index (χ0) is 76.5. The molecule has 34 heteroatoms. The van der Waals surface area contributed by atoms with Crippen molar-refractivity contribution in [1.29, 1.82) is 0 Å². The van der Waals surface area contributed by atoms with Crippen molar-refractivity contribution in [2.75, 3.05) is 100 Å². The molecule has 6 aliphatic rings. The number of rotatable bonds is 13. The van der Waals surface area contributed by atoms with E-state index in [0.29, 0.717) is 116 Å². The number of nitrogens with one attached hydrogen (secondary N) is 7. The van der Waals surface area contributed by atoms with Crippen molar-refractivity contribution in [2.45, 2.75) is 145 Å². The number of amides is 3. The first-order valence-corrected chi connectivity index (χ1v) is 42.6. The van der Waals surface area contributed by atoms with E-state index in [1.165, 1.54) is 29.3 Å². The van der Waals surface area contributed by atoms with Gasteiger partial charge < -0.3 is 25.5 Å². The molecule has 0 radical (unpaired) electrons. The molecule has 1 saturated carbocycles. The average molecular weight is 1610 g/mol. The highest BCUT2D eigenvalue weighted by molar-refractivity contribution is 7.90. The number of urea groups is 1. The summed E-state index contributed by atoms with van der Waals surface area (Å²) >= 11 is 24.5. The van der Waals surface area contributed by atoms with E-state index in [1.54, 1.807) is 39.2 Å². The maximum Gasteiger partial charge on any atom is 0.324 e. The Bertz CT molecular complexity index is 5190. The first-order chi connectivity index (χ1) is 50.8. The van der Waals surface area contributed by atoms with Crippen molar-refractivity contribution < 1.29 is 39.9 Å². The van der Waals surface area contributed by atoms with Gasteiger partial charge in [-0.1, -0.05) is 73.1 Å². The van der Waals surface area contributed by atoms with Crippen molar-refractivity contribution in [3.05, 3.63) is 128 Å². The first kappa shape index (κ1) is 79.2. The zero-order valence-electron chi connectivity index (χ0n) is 61.3. The molecule has 10 heterocycles. The van der Waals surface area contributed by atoms with Gasteiger partial charge in [-0.25, -0.2) is 38.7 Å². The van der Waals surface area contributed by atoms with Gasteiger partial charge in [-0.3, -0.25) is 35.2 Å². The lowest BCUT2D eigenvalue weighted by Gasteiger charge is -2.46. The van der Waals surface area contributed by atoms with Gasteiger partial charge in [-0.05, 0) is 174 Å². The highest BCUT2D eigenvalue weighted by Crippen LogP contribution is 2.41. The summed E-state index contributed by atoms with van der Waals surface area (Å²) in [6.45, 7) is 17.9. The number of carbonyl (C=O) groups is 2. The Balaban J connectivity index is 0.000000126. The number of aliphatic hydroxyl groups excluding tert-OH is 1. The fraction of sp³-hybridized carbons (Fsp3) is 0.493. The molecular weight excluding hydrogens is 1510 g/mol. The van der Waals surface area contributed by atoms with Crippen LogP contribution in [0.25, 0.3) is 54.5 Å². The molecule has 5 aromatic heterocycles. The third-order valence-electron chi connectivity index (χ3n) is 21.5. The molecule has 5 aliphatic heterocycles. The SMILES string of the molecule is CC(C)S(=O)(=O)N1CCC(c2cc(Cl)cc3[nH]ncc23)CC1.CC(C)c1cc(N2CCN(S(C)(=O)=O)C(C)(C)C2)c2cn[nH]c2c1.CN1C(=O)NC2(CCN(c3cc(Cl)cc4[nH]ncc34)CC2)C1=O.O=S(=O)(C1CCCC1)N1CCC(c2cc(Cl)cc3[nH]ncc23)CC1.OCCNc1cc(Cl)cc2[nH]ncc12. The van der Waals surface area contributed by atoms with Gasteiger partial charge in [-0.2, -0.15) is 29.8 Å². The van der Waals surface area contributed by atoms with E-state index < -0.39 is 41.1 Å². The van der Waals surface area contributed by atoms with E-state index in [1.807, 2.05) is 81.0 Å². The second-order valence-corrected chi connectivity index (χ2v) is 38.0. The van der Waals surface area contributed by atoms with Gasteiger partial charge in [0.15, 0.2) is 0 Å². The Labute approximate surface area is 643 Å². The standard InChI is InChI=1S/C17H22ClN3O2S.C17H26N4O2S.C15H16ClN5O2.C15H20ClN3O2S.C9H10ClN3O/c18-13-9-15(16-11-19-20-17(16)10-13)12-5-7-21(8-6-12)24(22,23)14-3-1-2-4-14;1-12(2)13-8-15-14(10-18-19-15)16(9-13)20-6-7-21(24(5,22)23)17(3,4)11-20;1-20-13(22)15(18-14(20)23)2-4-21(5-3-15)12-7-9(16)6-11-10(12)8-17-19-11;1-10(2)22(20,21)19-5-3-11(4-6-19)13-7-12(16)8-15-14(13)9-17-18-15;10-6-3-8(11-1-2-14)7-5-12-13-9(7)4-6/h9-12,14H,1-8H2,(H,19,20);8-10,12H,6-7,11H2,1-5H3,(H,18,19);6-8H,2-5H2,1H3,(H,17,19)(H,18,23);7-11H,3-6H2,1-2H3,(H,17,18);3-5,11,14H,1-2H2,(H,12,13). The fourth-order valence-electron chi connectivity index (χ4n) is 15.7. The van der Waals surface area contributed by atoms with Gasteiger partial charge in [0.1, 0.15) is 5.54 Å². The van der Waals surface area contributed by atoms with Crippen molar-refractivity contribution in [3.63, 3.8) is 0 Å². The van der Waals surface area contributed by atoms with Gasteiger partial charge in [0.2, 0.25) is 30.1 Å². The minimum Gasteiger partial charge on any atom is -0.395 e. The van der Waals surface area contributed by atoms with Crippen molar-refractivity contribution in [1.82, 2.24) is 74.1 Å². The largest absolute Gasteiger partial charge is 0.395 e. The summed E-state index contributed by atoms with van der Waals surface area (Å²) in [6, 6.07) is 19.2. The minimum absolute atomic E-state index is 0.0891. The summed E-state index contributed by atoms with van der Waals surface area (Å²) in [4.78, 5) is 29.7. The highest BCUT2D eigenvalue weighted by atomic mass is 35.5. The monoisotopic (exact) mass is 1600 g/mol. The van der Waals surface area contributed by atoms with Gasteiger partial charge in [0.05, 0.1) is 81.9 Å². The summed E-state index contributed by atoms with van der Waals surface area (Å²) in [6.07, 6.45) is 18.5. The summed E-state index contributed by atoms with van der Waals surface area (Å²) in [5.74, 6) is 0.930. The molecule has 8 N–H and O–H groups in total. The highest BCUT2D eigenvalue weighted by Gasteiger charge is 2.51. The lowest BCUT2D eigenvalue weighted by atomic mass is 9.87. The summed E-state index contributed by atoms with van der Waals surface area (Å²) in [5.41, 5.74) is 10.1. The van der Waals surface area contributed by atoms with E-state index >= 15 is 0 Å². The molecule has 16 rings (SSSR count). The van der Waals surface area contributed by atoms with E-state index in [-0.39, 0.29) is 29.0 Å². The molecule has 3 amide bonds. The van der Waals surface area contributed by atoms with Crippen LogP contribution in [0.4, 0.5) is 21.9 Å². The quantitative estimate of drug-likeness (QED) is 0.0497. The normalized spacial score (nSPS) is 18.8. The topological polar surface area (TPSA) is 344 Å². The van der Waals surface area contributed by atoms with E-state index in [2.05, 4.69) is 97.4 Å². The predicted molar refractivity (Wildman–Crippen MR) is 426 cm³/mol. The van der Waals surface area contributed by atoms with Gasteiger partial charge in [0, 0.05) is 142 Å². The predicted octanol–water partition coefficient (Wildman–Crippen LogP) is 12.7. The van der Waals surface area contributed by atoms with Gasteiger partial charge in [0.25, 0.3) is 5.91 Å². The second-order valence-electron chi connectivity index (χ2n) is 29.7. The molecule has 0 unspecified atom stereocenters. The Morgan fingerprint density at radius 1 is 0.551 bits per heavy atom. The van der Waals surface area contributed by atoms with Gasteiger partial charge in [-0.15, -0.1) is 0 Å². The molecule has 5 saturated heterocycles. The molecule has 0 bridgehead atoms. The molecule has 6 fully saturated rings. The number of carbonyl (C=O) groups excluding carboxylic acids is 2. The molecule has 107 heavy (non-hydrogen) atoms. The van der Waals surface area contributed by atoms with Crippen LogP contribution in [0.5, 0.6) is 0 Å². The van der Waals surface area contributed by atoms with Crippen LogP contribution in [0.3, 0.4) is 0 Å². The van der Waals surface area contributed by atoms with Crippen LogP contribution in [0.15, 0.2) is 91.6 Å². The third-order valence-corrected chi connectivity index (χ3v) is 28.5. The number of piperazine rings is 1. The van der Waals surface area contributed by atoms with Crippen LogP contribution in [-0.4, -0.2) is 218 Å². The molecule has 27 nitrogen and oxygen atoms in total. The Hall–Kier alpha value is -7.36. The number of hydrogen-bond donors (Lipinski definition) is 8. The van der Waals surface area contributed by atoms with Crippen LogP contribution in [0, 0.1) is 0 Å². The molecule has 5 aromatic carbocycles. The Kier molecular flexibility index (Phi) is 24.2. The number of aromatic amines is 5. The van der Waals surface area contributed by atoms with Crippen LogP contribution >= 0.6 is 46.4 Å². The summed E-state index contributed by atoms with van der Waals surface area (Å²) in [7, 11) is -7.96. The number of hydrogen-bond acceptors (Lipinski definition) is 17. The van der Waals surface area contributed by atoms with Crippen LogP contribution in [-0.2, 0) is 34.9 Å². The van der Waals surface area contributed by atoms with Crippen LogP contribution in [0.2, 0.25) is 20.1 Å². The lowest BCUT2D eigenvalue weighted by molar-refractivity contribution is -0.131. The Morgan fingerprint density at radius 3 is 1.47 bits per heavy atom. The van der Waals surface area contributed by atoms with Crippen LogP contribution in [0.1, 0.15) is 140 Å². The number of imide groups is 1. The molecular formula is C73H94Cl4N18O9S3. The van der Waals surface area contributed by atoms with E-state index in [9.17, 15) is 34.8 Å². The average Bonchev–Trinajstić information content (AvgIpc) is 1.68. The molecule has 0 atom stereocenters. The third kappa shape index (κ3) is 17.3. The van der Waals surface area contributed by atoms with Gasteiger partial charge >= 0.3 is 6.03 Å². The number of halogens is 4. The molecule has 1 spiro atoms. The fourth-order valence-corrected chi connectivity index (χ4v) is 21.4. The number of likely N-dealkylation sites (N-methyl/N-ethyl adjacent to an activating group) is 1. The summed E-state index contributed by atoms with van der Waals surface area (Å²) in [5, 5.41) is 57.1. The maximum absolute atomic E-state index is 12.7. The number of H-pyrrole nitrogens is 5. The number of nitrogens with zero attached hydrogens (tertiary/aromatic N) is 11. The second kappa shape index (κ2) is 32.7. The van der Waals surface area contributed by atoms with E-state index in [0.717, 1.165) is 129 Å². The van der Waals surface area contributed by atoms with Crippen LogP contribution < -0.4 is 20.4 Å².